The Balaban J connectivity index is 1.67. The highest BCUT2D eigenvalue weighted by atomic mass is 16.5. The van der Waals surface area contributed by atoms with Gasteiger partial charge in [0.05, 0.1) is 6.61 Å². The first-order valence-corrected chi connectivity index (χ1v) is 7.60. The molecule has 1 aromatic heterocycles. The number of anilines is 1. The third-order valence-corrected chi connectivity index (χ3v) is 3.41. The van der Waals surface area contributed by atoms with Crippen molar-refractivity contribution in [1.29, 1.82) is 0 Å². The van der Waals surface area contributed by atoms with Crippen LogP contribution >= 0.6 is 0 Å². The number of hydrogen-bond donors (Lipinski definition) is 1. The Morgan fingerprint density at radius 1 is 1.35 bits per heavy atom. The fourth-order valence-corrected chi connectivity index (χ4v) is 1.88. The number of likely N-dealkylation sites (N-methyl/N-ethyl adjacent to an activating group) is 1. The lowest BCUT2D eigenvalue weighted by atomic mass is 10.3. The van der Waals surface area contributed by atoms with Crippen molar-refractivity contribution in [3.05, 3.63) is 18.0 Å². The molecule has 1 aromatic rings. The van der Waals surface area contributed by atoms with E-state index in [9.17, 15) is 0 Å². The zero-order valence-corrected chi connectivity index (χ0v) is 12.6. The third-order valence-electron chi connectivity index (χ3n) is 3.41. The first kappa shape index (κ1) is 15.2. The van der Waals surface area contributed by atoms with E-state index in [1.165, 1.54) is 12.8 Å². The van der Waals surface area contributed by atoms with E-state index in [0.29, 0.717) is 0 Å². The molecule has 2 rings (SSSR count). The van der Waals surface area contributed by atoms with Gasteiger partial charge >= 0.3 is 0 Å². The zero-order valence-electron chi connectivity index (χ0n) is 12.6. The maximum absolute atomic E-state index is 5.63. The van der Waals surface area contributed by atoms with Crippen molar-refractivity contribution in [1.82, 2.24) is 15.3 Å². The van der Waals surface area contributed by atoms with Gasteiger partial charge in [-0.3, -0.25) is 0 Å². The molecule has 0 radical (unpaired) electrons. The van der Waals surface area contributed by atoms with E-state index in [1.807, 2.05) is 24.3 Å². The van der Waals surface area contributed by atoms with E-state index in [0.717, 1.165) is 56.7 Å². The second kappa shape index (κ2) is 8.17. The van der Waals surface area contributed by atoms with Crippen molar-refractivity contribution in [2.75, 3.05) is 38.3 Å². The maximum atomic E-state index is 5.63. The first-order chi connectivity index (χ1) is 9.79. The largest absolute Gasteiger partial charge is 0.379 e. The van der Waals surface area contributed by atoms with Gasteiger partial charge in [-0.1, -0.05) is 6.92 Å². The third kappa shape index (κ3) is 5.43. The van der Waals surface area contributed by atoms with Crippen LogP contribution in [0.25, 0.3) is 0 Å². The van der Waals surface area contributed by atoms with Gasteiger partial charge in [0.25, 0.3) is 0 Å². The Hall–Kier alpha value is -1.20. The van der Waals surface area contributed by atoms with Crippen LogP contribution in [0, 0.1) is 5.92 Å². The highest BCUT2D eigenvalue weighted by Crippen LogP contribution is 2.28. The number of nitrogens with zero attached hydrogens (tertiary/aromatic N) is 3. The van der Waals surface area contributed by atoms with Crippen LogP contribution < -0.4 is 10.2 Å². The lowest BCUT2D eigenvalue weighted by molar-refractivity contribution is 0.130. The van der Waals surface area contributed by atoms with Crippen LogP contribution in [0.3, 0.4) is 0 Å². The molecule has 1 aliphatic carbocycles. The van der Waals surface area contributed by atoms with Gasteiger partial charge in [0.1, 0.15) is 0 Å². The van der Waals surface area contributed by atoms with E-state index in [2.05, 4.69) is 22.2 Å². The molecule has 1 aliphatic rings. The predicted octanol–water partition coefficient (Wildman–Crippen LogP) is 1.84. The standard InChI is InChI=1S/C15H26N4O/c1-3-6-16-9-14-10-17-15(18-11-14)19(2)7-8-20-12-13-4-5-13/h10-11,13,16H,3-9,12H2,1-2H3. The molecule has 0 amide bonds. The number of ether oxygens (including phenoxy) is 1. The van der Waals surface area contributed by atoms with E-state index in [-0.39, 0.29) is 0 Å². The van der Waals surface area contributed by atoms with Crippen LogP contribution in [0.15, 0.2) is 12.4 Å². The van der Waals surface area contributed by atoms with Crippen LogP contribution in [0.2, 0.25) is 0 Å². The summed E-state index contributed by atoms with van der Waals surface area (Å²) in [5, 5.41) is 3.34. The Bertz CT molecular complexity index is 378. The second-order valence-corrected chi connectivity index (χ2v) is 5.51. The molecule has 0 saturated heterocycles. The average Bonchev–Trinajstić information content (AvgIpc) is 3.28. The summed E-state index contributed by atoms with van der Waals surface area (Å²) in [4.78, 5) is 10.8. The molecule has 112 valence electrons. The Morgan fingerprint density at radius 2 is 2.10 bits per heavy atom. The van der Waals surface area contributed by atoms with Gasteiger partial charge in [-0.15, -0.1) is 0 Å². The Morgan fingerprint density at radius 3 is 2.75 bits per heavy atom. The van der Waals surface area contributed by atoms with E-state index >= 15 is 0 Å². The van der Waals surface area contributed by atoms with Crippen molar-refractivity contribution in [2.45, 2.75) is 32.7 Å². The summed E-state index contributed by atoms with van der Waals surface area (Å²) < 4.78 is 5.63. The Kier molecular flexibility index (Phi) is 6.21. The number of nitrogens with one attached hydrogen (secondary N) is 1. The van der Waals surface area contributed by atoms with Crippen LogP contribution in [-0.4, -0.2) is 43.3 Å². The highest BCUT2D eigenvalue weighted by Gasteiger charge is 2.21. The minimum atomic E-state index is 0.746. The van der Waals surface area contributed by atoms with Gasteiger partial charge in [-0.2, -0.15) is 0 Å². The van der Waals surface area contributed by atoms with Crippen molar-refractivity contribution in [3.8, 4) is 0 Å². The summed E-state index contributed by atoms with van der Waals surface area (Å²) in [6, 6.07) is 0. The lowest BCUT2D eigenvalue weighted by Crippen LogP contribution is -2.25. The zero-order chi connectivity index (χ0) is 14.2. The minimum Gasteiger partial charge on any atom is -0.379 e. The normalized spacial score (nSPS) is 14.5. The molecule has 1 heterocycles. The molecule has 0 aromatic carbocycles. The van der Waals surface area contributed by atoms with Crippen LogP contribution in [0.1, 0.15) is 31.7 Å². The molecule has 0 spiro atoms. The summed E-state index contributed by atoms with van der Waals surface area (Å²) >= 11 is 0. The van der Waals surface area contributed by atoms with Crippen molar-refractivity contribution >= 4 is 5.95 Å². The van der Waals surface area contributed by atoms with E-state index in [4.69, 9.17) is 4.74 Å². The number of hydrogen-bond acceptors (Lipinski definition) is 5. The fraction of sp³-hybridized carbons (Fsp3) is 0.733. The predicted molar refractivity (Wildman–Crippen MR) is 80.8 cm³/mol. The van der Waals surface area contributed by atoms with Crippen molar-refractivity contribution in [3.63, 3.8) is 0 Å². The molecule has 20 heavy (non-hydrogen) atoms. The monoisotopic (exact) mass is 278 g/mol. The number of aromatic nitrogens is 2. The molecule has 0 unspecified atom stereocenters. The molecule has 1 N–H and O–H groups in total. The van der Waals surface area contributed by atoms with Crippen LogP contribution in [0.4, 0.5) is 5.95 Å². The molecule has 1 fully saturated rings. The molecule has 1 saturated carbocycles. The topological polar surface area (TPSA) is 50.3 Å². The fourth-order valence-electron chi connectivity index (χ4n) is 1.88. The van der Waals surface area contributed by atoms with Crippen molar-refractivity contribution in [2.24, 2.45) is 5.92 Å². The number of rotatable bonds is 10. The van der Waals surface area contributed by atoms with Crippen LogP contribution in [-0.2, 0) is 11.3 Å². The van der Waals surface area contributed by atoms with Gasteiger partial charge in [0, 0.05) is 44.7 Å². The SMILES string of the molecule is CCCNCc1cnc(N(C)CCOCC2CC2)nc1. The van der Waals surface area contributed by atoms with Gasteiger partial charge in [0.2, 0.25) is 5.95 Å². The summed E-state index contributed by atoms with van der Waals surface area (Å²) in [6.45, 7) is 6.52. The van der Waals surface area contributed by atoms with Gasteiger partial charge in [0.15, 0.2) is 0 Å². The second-order valence-electron chi connectivity index (χ2n) is 5.51. The molecular weight excluding hydrogens is 252 g/mol. The molecular formula is C15H26N4O. The lowest BCUT2D eigenvalue weighted by Gasteiger charge is -2.17. The highest BCUT2D eigenvalue weighted by molar-refractivity contribution is 5.28. The molecule has 5 heteroatoms. The smallest absolute Gasteiger partial charge is 0.225 e. The molecule has 0 aliphatic heterocycles. The summed E-state index contributed by atoms with van der Waals surface area (Å²) in [7, 11) is 2.00. The van der Waals surface area contributed by atoms with Crippen molar-refractivity contribution < 1.29 is 4.74 Å². The maximum Gasteiger partial charge on any atom is 0.225 e. The minimum absolute atomic E-state index is 0.746. The molecule has 5 nitrogen and oxygen atoms in total. The summed E-state index contributed by atoms with van der Waals surface area (Å²) in [6.07, 6.45) is 7.61. The summed E-state index contributed by atoms with van der Waals surface area (Å²) in [5.41, 5.74) is 1.13. The summed E-state index contributed by atoms with van der Waals surface area (Å²) in [5.74, 6) is 1.59. The average molecular weight is 278 g/mol. The molecule has 0 atom stereocenters. The van der Waals surface area contributed by atoms with Crippen LogP contribution in [0.5, 0.6) is 0 Å². The van der Waals surface area contributed by atoms with Gasteiger partial charge in [-0.05, 0) is 31.7 Å². The molecule has 0 bridgehead atoms. The van der Waals surface area contributed by atoms with E-state index < -0.39 is 0 Å². The van der Waals surface area contributed by atoms with E-state index in [1.54, 1.807) is 0 Å². The quantitative estimate of drug-likeness (QED) is 0.662. The first-order valence-electron chi connectivity index (χ1n) is 7.60. The van der Waals surface area contributed by atoms with Gasteiger partial charge < -0.3 is 15.0 Å². The Labute approximate surface area is 121 Å². The van der Waals surface area contributed by atoms with Gasteiger partial charge in [-0.25, -0.2) is 9.97 Å².